The quantitative estimate of drug-likeness (QED) is 0.720. The number of hydrogen-bond acceptors (Lipinski definition) is 2. The van der Waals surface area contributed by atoms with E-state index < -0.39 is 0 Å². The molecule has 0 aliphatic carbocycles. The lowest BCUT2D eigenvalue weighted by molar-refractivity contribution is 0.697. The second-order valence-corrected chi connectivity index (χ2v) is 6.65. The molecule has 1 aromatic rings. The van der Waals surface area contributed by atoms with Crippen LogP contribution in [0, 0.1) is 0 Å². The molecule has 1 heterocycles. The minimum atomic E-state index is 0.637. The Bertz CT molecular complexity index is 370. The van der Waals surface area contributed by atoms with Crippen LogP contribution >= 0.6 is 43.6 Å². The van der Waals surface area contributed by atoms with Crippen LogP contribution in [0.25, 0.3) is 0 Å². The molecule has 2 rings (SSSR count). The number of hydrogen-bond donors (Lipinski definition) is 0. The largest absolute Gasteiger partial charge is 0.367 e. The Morgan fingerprint density at radius 2 is 2.31 bits per heavy atom. The fourth-order valence-corrected chi connectivity index (χ4v) is 3.90. The van der Waals surface area contributed by atoms with Gasteiger partial charge in [-0.3, -0.25) is 0 Å². The fourth-order valence-electron chi connectivity index (χ4n) is 2.03. The highest BCUT2D eigenvalue weighted by Crippen LogP contribution is 2.30. The number of benzene rings is 1. The van der Waals surface area contributed by atoms with Crippen LogP contribution in [0.2, 0.25) is 0 Å². The molecule has 1 aliphatic rings. The lowest BCUT2D eigenvalue weighted by Gasteiger charge is -2.36. The molecule has 0 radical (unpaired) electrons. The zero-order valence-electron chi connectivity index (χ0n) is 9.25. The second kappa shape index (κ2) is 5.78. The zero-order chi connectivity index (χ0) is 11.5. The SMILES string of the molecule is CC1CSCCN1c1ccc(Br)cc1CBr. The zero-order valence-corrected chi connectivity index (χ0v) is 13.2. The number of nitrogens with zero attached hydrogens (tertiary/aromatic N) is 1. The van der Waals surface area contributed by atoms with Gasteiger partial charge in [-0.2, -0.15) is 11.8 Å². The smallest absolute Gasteiger partial charge is 0.0411 e. The molecule has 1 unspecified atom stereocenters. The monoisotopic (exact) mass is 363 g/mol. The number of anilines is 1. The maximum Gasteiger partial charge on any atom is 0.0411 e. The third kappa shape index (κ3) is 2.77. The van der Waals surface area contributed by atoms with Crippen LogP contribution in [-0.4, -0.2) is 24.1 Å². The maximum absolute atomic E-state index is 3.58. The van der Waals surface area contributed by atoms with Gasteiger partial charge in [-0.15, -0.1) is 0 Å². The van der Waals surface area contributed by atoms with Crippen LogP contribution in [-0.2, 0) is 5.33 Å². The van der Waals surface area contributed by atoms with Gasteiger partial charge < -0.3 is 4.90 Å². The van der Waals surface area contributed by atoms with Gasteiger partial charge in [-0.1, -0.05) is 31.9 Å². The molecule has 1 aliphatic heterocycles. The standard InChI is InChI=1S/C12H15Br2NS/c1-9-8-16-5-4-15(9)12-3-2-11(14)6-10(12)7-13/h2-3,6,9H,4-5,7-8H2,1H3. The van der Waals surface area contributed by atoms with E-state index in [4.69, 9.17) is 0 Å². The number of halogens is 2. The molecule has 1 saturated heterocycles. The van der Waals surface area contributed by atoms with Gasteiger partial charge >= 0.3 is 0 Å². The number of rotatable bonds is 2. The van der Waals surface area contributed by atoms with Crippen molar-refractivity contribution in [2.24, 2.45) is 0 Å². The van der Waals surface area contributed by atoms with Gasteiger partial charge in [0.25, 0.3) is 0 Å². The van der Waals surface area contributed by atoms with Crippen LogP contribution in [0.3, 0.4) is 0 Å². The Morgan fingerprint density at radius 3 is 3.00 bits per heavy atom. The molecule has 88 valence electrons. The molecule has 0 bridgehead atoms. The Balaban J connectivity index is 2.30. The molecule has 1 aromatic carbocycles. The van der Waals surface area contributed by atoms with Gasteiger partial charge in [0.2, 0.25) is 0 Å². The molecule has 16 heavy (non-hydrogen) atoms. The topological polar surface area (TPSA) is 3.24 Å². The average Bonchev–Trinajstić information content (AvgIpc) is 2.30. The summed E-state index contributed by atoms with van der Waals surface area (Å²) in [5.74, 6) is 2.47. The Kier molecular flexibility index (Phi) is 4.62. The normalized spacial score (nSPS) is 21.2. The van der Waals surface area contributed by atoms with Gasteiger partial charge in [0, 0.05) is 39.6 Å². The molecular weight excluding hydrogens is 350 g/mol. The molecule has 0 N–H and O–H groups in total. The van der Waals surface area contributed by atoms with E-state index in [1.54, 1.807) is 0 Å². The molecule has 4 heteroatoms. The molecule has 0 saturated carbocycles. The van der Waals surface area contributed by atoms with Crippen LogP contribution in [0.4, 0.5) is 5.69 Å². The van der Waals surface area contributed by atoms with E-state index in [-0.39, 0.29) is 0 Å². The summed E-state index contributed by atoms with van der Waals surface area (Å²) in [6.07, 6.45) is 0. The highest BCUT2D eigenvalue weighted by Gasteiger charge is 2.20. The summed E-state index contributed by atoms with van der Waals surface area (Å²) in [7, 11) is 0. The first-order valence-electron chi connectivity index (χ1n) is 5.41. The van der Waals surface area contributed by atoms with Gasteiger partial charge in [-0.05, 0) is 30.7 Å². The van der Waals surface area contributed by atoms with Gasteiger partial charge in [0.05, 0.1) is 0 Å². The van der Waals surface area contributed by atoms with E-state index in [0.717, 1.165) is 16.3 Å². The lowest BCUT2D eigenvalue weighted by Crippen LogP contribution is -2.40. The molecule has 0 amide bonds. The Labute approximate surface area is 118 Å². The summed E-state index contributed by atoms with van der Waals surface area (Å²) in [6.45, 7) is 3.47. The molecule has 0 spiro atoms. The van der Waals surface area contributed by atoms with Crippen molar-refractivity contribution in [1.29, 1.82) is 0 Å². The van der Waals surface area contributed by atoms with Crippen molar-refractivity contribution in [3.63, 3.8) is 0 Å². The number of thioether (sulfide) groups is 1. The van der Waals surface area contributed by atoms with Gasteiger partial charge in [-0.25, -0.2) is 0 Å². The predicted molar refractivity (Wildman–Crippen MR) is 80.9 cm³/mol. The van der Waals surface area contributed by atoms with Crippen molar-refractivity contribution >= 4 is 49.3 Å². The van der Waals surface area contributed by atoms with Crippen molar-refractivity contribution in [3.05, 3.63) is 28.2 Å². The van der Waals surface area contributed by atoms with Crippen LogP contribution in [0.1, 0.15) is 12.5 Å². The lowest BCUT2D eigenvalue weighted by atomic mass is 10.1. The van der Waals surface area contributed by atoms with Crippen molar-refractivity contribution in [2.75, 3.05) is 23.0 Å². The summed E-state index contributed by atoms with van der Waals surface area (Å²) in [5.41, 5.74) is 2.75. The van der Waals surface area contributed by atoms with Crippen molar-refractivity contribution in [3.8, 4) is 0 Å². The van der Waals surface area contributed by atoms with Crippen LogP contribution < -0.4 is 4.90 Å². The fraction of sp³-hybridized carbons (Fsp3) is 0.500. The predicted octanol–water partition coefficient (Wildman–Crippen LogP) is 4.29. The highest BCUT2D eigenvalue weighted by atomic mass is 79.9. The third-order valence-corrected chi connectivity index (χ3v) is 5.15. The highest BCUT2D eigenvalue weighted by molar-refractivity contribution is 9.10. The van der Waals surface area contributed by atoms with E-state index >= 15 is 0 Å². The minimum Gasteiger partial charge on any atom is -0.367 e. The first-order valence-corrected chi connectivity index (χ1v) is 8.48. The average molecular weight is 365 g/mol. The van der Waals surface area contributed by atoms with Gasteiger partial charge in [0.15, 0.2) is 0 Å². The van der Waals surface area contributed by atoms with Crippen molar-refractivity contribution in [1.82, 2.24) is 0 Å². The number of alkyl halides is 1. The van der Waals surface area contributed by atoms with Crippen LogP contribution in [0.5, 0.6) is 0 Å². The van der Waals surface area contributed by atoms with Crippen LogP contribution in [0.15, 0.2) is 22.7 Å². The minimum absolute atomic E-state index is 0.637. The van der Waals surface area contributed by atoms with E-state index in [9.17, 15) is 0 Å². The molecular formula is C12H15Br2NS. The summed E-state index contributed by atoms with van der Waals surface area (Å²) in [6, 6.07) is 7.21. The summed E-state index contributed by atoms with van der Waals surface area (Å²) < 4.78 is 1.16. The van der Waals surface area contributed by atoms with Crippen molar-refractivity contribution < 1.29 is 0 Å². The maximum atomic E-state index is 3.58. The van der Waals surface area contributed by atoms with Crippen molar-refractivity contribution in [2.45, 2.75) is 18.3 Å². The van der Waals surface area contributed by atoms with E-state index in [0.29, 0.717) is 6.04 Å². The van der Waals surface area contributed by atoms with E-state index in [2.05, 4.69) is 73.6 Å². The molecule has 1 atom stereocenters. The first-order chi connectivity index (χ1) is 7.72. The molecule has 0 aromatic heterocycles. The molecule has 1 fully saturated rings. The van der Waals surface area contributed by atoms with E-state index in [1.165, 1.54) is 22.8 Å². The summed E-state index contributed by atoms with van der Waals surface area (Å²) in [5, 5.41) is 0.915. The first kappa shape index (κ1) is 12.8. The van der Waals surface area contributed by atoms with Gasteiger partial charge in [0.1, 0.15) is 0 Å². The Hall–Kier alpha value is 0.330. The van der Waals surface area contributed by atoms with E-state index in [1.807, 2.05) is 0 Å². The Morgan fingerprint density at radius 1 is 1.50 bits per heavy atom. The molecule has 1 nitrogen and oxygen atoms in total. The third-order valence-electron chi connectivity index (χ3n) is 2.86. The summed E-state index contributed by atoms with van der Waals surface area (Å²) >= 11 is 9.16. The second-order valence-electron chi connectivity index (χ2n) is 4.02. The summed E-state index contributed by atoms with van der Waals surface area (Å²) in [4.78, 5) is 2.53.